The van der Waals surface area contributed by atoms with Crippen molar-refractivity contribution in [2.75, 3.05) is 13.2 Å². The molecule has 53 heavy (non-hydrogen) atoms. The maximum absolute atomic E-state index is 12.6. The van der Waals surface area contributed by atoms with E-state index in [0.29, 0.717) is 19.3 Å². The van der Waals surface area contributed by atoms with Crippen molar-refractivity contribution in [1.82, 2.24) is 0 Å². The lowest BCUT2D eigenvalue weighted by Crippen LogP contribution is -2.30. The van der Waals surface area contributed by atoms with Crippen LogP contribution in [0.3, 0.4) is 0 Å². The van der Waals surface area contributed by atoms with E-state index in [9.17, 15) is 14.4 Å². The van der Waals surface area contributed by atoms with Gasteiger partial charge in [0, 0.05) is 19.3 Å². The number of carbonyl (C=O) groups is 3. The van der Waals surface area contributed by atoms with Crippen molar-refractivity contribution in [1.29, 1.82) is 0 Å². The van der Waals surface area contributed by atoms with Crippen molar-refractivity contribution in [3.05, 3.63) is 0 Å². The summed E-state index contributed by atoms with van der Waals surface area (Å²) < 4.78 is 16.6. The molecule has 0 N–H and O–H groups in total. The third kappa shape index (κ3) is 41.4. The van der Waals surface area contributed by atoms with E-state index in [1.165, 1.54) is 154 Å². The van der Waals surface area contributed by atoms with Crippen LogP contribution < -0.4 is 0 Å². The average Bonchev–Trinajstić information content (AvgIpc) is 3.14. The van der Waals surface area contributed by atoms with Gasteiger partial charge in [-0.1, -0.05) is 220 Å². The molecule has 0 aliphatic carbocycles. The molecular weight excluding hydrogens is 661 g/mol. The molecular formula is C47H90O6. The first-order valence-electron chi connectivity index (χ1n) is 23.4. The van der Waals surface area contributed by atoms with Crippen LogP contribution in [0.2, 0.25) is 0 Å². The first-order chi connectivity index (χ1) is 25.9. The highest BCUT2D eigenvalue weighted by Crippen LogP contribution is 2.16. The Kier molecular flexibility index (Phi) is 40.3. The lowest BCUT2D eigenvalue weighted by molar-refractivity contribution is -0.167. The van der Waals surface area contributed by atoms with Crippen LogP contribution in [0.15, 0.2) is 0 Å². The molecule has 0 spiro atoms. The second kappa shape index (κ2) is 41.6. The van der Waals surface area contributed by atoms with Gasteiger partial charge in [0.1, 0.15) is 13.2 Å². The number of unbranched alkanes of at least 4 members (excludes halogenated alkanes) is 29. The van der Waals surface area contributed by atoms with Gasteiger partial charge < -0.3 is 14.2 Å². The molecule has 0 aromatic carbocycles. The molecule has 0 unspecified atom stereocenters. The quantitative estimate of drug-likeness (QED) is 0.0351. The minimum absolute atomic E-state index is 0.0652. The minimum atomic E-state index is -0.759. The van der Waals surface area contributed by atoms with E-state index < -0.39 is 6.10 Å². The fourth-order valence-corrected chi connectivity index (χ4v) is 6.98. The lowest BCUT2D eigenvalue weighted by Gasteiger charge is -2.18. The Hall–Kier alpha value is -1.59. The molecule has 0 aromatic rings. The van der Waals surface area contributed by atoms with Crippen molar-refractivity contribution < 1.29 is 28.6 Å². The molecule has 0 saturated heterocycles. The van der Waals surface area contributed by atoms with E-state index in [0.717, 1.165) is 63.7 Å². The molecule has 1 atom stereocenters. The summed E-state index contributed by atoms with van der Waals surface area (Å²) in [6, 6.07) is 0. The second-order valence-corrected chi connectivity index (χ2v) is 16.5. The summed E-state index contributed by atoms with van der Waals surface area (Å²) in [6.07, 6.45) is 41.2. The molecule has 0 amide bonds. The third-order valence-corrected chi connectivity index (χ3v) is 10.5. The molecule has 0 aromatic heterocycles. The summed E-state index contributed by atoms with van der Waals surface area (Å²) in [4.78, 5) is 37.5. The zero-order valence-corrected chi connectivity index (χ0v) is 36.0. The van der Waals surface area contributed by atoms with Crippen LogP contribution in [-0.2, 0) is 28.6 Å². The second-order valence-electron chi connectivity index (χ2n) is 16.5. The van der Waals surface area contributed by atoms with E-state index in [2.05, 4.69) is 27.7 Å². The Morgan fingerprint density at radius 2 is 0.623 bits per heavy atom. The monoisotopic (exact) mass is 751 g/mol. The third-order valence-electron chi connectivity index (χ3n) is 10.5. The molecule has 0 bridgehead atoms. The van der Waals surface area contributed by atoms with Crippen molar-refractivity contribution in [2.45, 2.75) is 265 Å². The van der Waals surface area contributed by atoms with E-state index >= 15 is 0 Å². The molecule has 0 rings (SSSR count). The summed E-state index contributed by atoms with van der Waals surface area (Å²) in [5.41, 5.74) is 0. The van der Waals surface area contributed by atoms with Crippen LogP contribution in [-0.4, -0.2) is 37.2 Å². The SMILES string of the molecule is CCCCCCCCCCCCCCCCCCCCCC(=O)OC[C@H](COC(=O)CCCCCCCCC)OC(=O)CCCCCCCCC(C)C. The van der Waals surface area contributed by atoms with E-state index in [-0.39, 0.29) is 31.1 Å². The van der Waals surface area contributed by atoms with E-state index in [4.69, 9.17) is 14.2 Å². The Morgan fingerprint density at radius 3 is 0.925 bits per heavy atom. The van der Waals surface area contributed by atoms with Crippen molar-refractivity contribution in [3.8, 4) is 0 Å². The van der Waals surface area contributed by atoms with Gasteiger partial charge in [-0.15, -0.1) is 0 Å². The standard InChI is InChI=1S/C47H90O6/c1-5-7-9-11-13-14-15-16-17-18-19-20-21-22-23-24-26-31-35-39-46(49)52-42-44(41-51-45(48)38-34-30-25-12-10-8-6-2)53-47(50)40-36-32-28-27-29-33-37-43(3)4/h43-44H,5-42H2,1-4H3/t44-/m0/s1. The van der Waals surface area contributed by atoms with Crippen molar-refractivity contribution in [2.24, 2.45) is 5.92 Å². The lowest BCUT2D eigenvalue weighted by atomic mass is 10.0. The summed E-state index contributed by atoms with van der Waals surface area (Å²) in [7, 11) is 0. The molecule has 0 saturated carbocycles. The fraction of sp³-hybridized carbons (Fsp3) is 0.936. The van der Waals surface area contributed by atoms with Gasteiger partial charge in [-0.05, 0) is 25.2 Å². The molecule has 0 radical (unpaired) electrons. The summed E-state index contributed by atoms with van der Waals surface area (Å²) in [6.45, 7) is 8.89. The Labute approximate surface area is 329 Å². The normalized spacial score (nSPS) is 11.9. The molecule has 6 heteroatoms. The van der Waals surface area contributed by atoms with E-state index in [1.54, 1.807) is 0 Å². The number of hydrogen-bond acceptors (Lipinski definition) is 6. The maximum Gasteiger partial charge on any atom is 0.306 e. The van der Waals surface area contributed by atoms with Crippen LogP contribution in [0.25, 0.3) is 0 Å². The molecule has 6 nitrogen and oxygen atoms in total. The fourth-order valence-electron chi connectivity index (χ4n) is 6.98. The minimum Gasteiger partial charge on any atom is -0.462 e. The van der Waals surface area contributed by atoms with Crippen LogP contribution in [0.4, 0.5) is 0 Å². The van der Waals surface area contributed by atoms with Crippen LogP contribution in [0.1, 0.15) is 259 Å². The van der Waals surface area contributed by atoms with Gasteiger partial charge in [0.05, 0.1) is 0 Å². The topological polar surface area (TPSA) is 78.9 Å². The van der Waals surface area contributed by atoms with Gasteiger partial charge in [0.25, 0.3) is 0 Å². The Bertz CT molecular complexity index is 796. The Balaban J connectivity index is 4.13. The first kappa shape index (κ1) is 51.4. The van der Waals surface area contributed by atoms with E-state index in [1.807, 2.05) is 0 Å². The van der Waals surface area contributed by atoms with Gasteiger partial charge in [-0.3, -0.25) is 14.4 Å². The highest BCUT2D eigenvalue weighted by Gasteiger charge is 2.19. The number of esters is 3. The van der Waals surface area contributed by atoms with Gasteiger partial charge in [0.2, 0.25) is 0 Å². The van der Waals surface area contributed by atoms with Gasteiger partial charge >= 0.3 is 17.9 Å². The summed E-state index contributed by atoms with van der Waals surface area (Å²) in [5.74, 6) is -0.106. The van der Waals surface area contributed by atoms with Crippen LogP contribution in [0, 0.1) is 5.92 Å². The largest absolute Gasteiger partial charge is 0.462 e. The average molecular weight is 751 g/mol. The van der Waals surface area contributed by atoms with Gasteiger partial charge in [0.15, 0.2) is 6.10 Å². The maximum atomic E-state index is 12.6. The van der Waals surface area contributed by atoms with Crippen LogP contribution >= 0.6 is 0 Å². The predicted octanol–water partition coefficient (Wildman–Crippen LogP) is 14.7. The molecule has 314 valence electrons. The summed E-state index contributed by atoms with van der Waals surface area (Å²) >= 11 is 0. The van der Waals surface area contributed by atoms with Gasteiger partial charge in [-0.2, -0.15) is 0 Å². The van der Waals surface area contributed by atoms with Gasteiger partial charge in [-0.25, -0.2) is 0 Å². The highest BCUT2D eigenvalue weighted by molar-refractivity contribution is 5.71. The first-order valence-corrected chi connectivity index (χ1v) is 23.4. The number of carbonyl (C=O) groups excluding carboxylic acids is 3. The number of hydrogen-bond donors (Lipinski definition) is 0. The van der Waals surface area contributed by atoms with Crippen LogP contribution in [0.5, 0.6) is 0 Å². The predicted molar refractivity (Wildman–Crippen MR) is 224 cm³/mol. The zero-order valence-electron chi connectivity index (χ0n) is 36.0. The smallest absolute Gasteiger partial charge is 0.306 e. The number of rotatable bonds is 42. The summed E-state index contributed by atoms with van der Waals surface area (Å²) in [5, 5.41) is 0. The van der Waals surface area contributed by atoms with Crippen molar-refractivity contribution >= 4 is 17.9 Å². The van der Waals surface area contributed by atoms with Crippen molar-refractivity contribution in [3.63, 3.8) is 0 Å². The highest BCUT2D eigenvalue weighted by atomic mass is 16.6. The number of ether oxygens (including phenoxy) is 3. The Morgan fingerprint density at radius 1 is 0.358 bits per heavy atom. The molecule has 0 heterocycles. The molecule has 0 aliphatic rings. The molecule has 0 fully saturated rings. The zero-order chi connectivity index (χ0) is 38.9. The molecule has 0 aliphatic heterocycles.